The van der Waals surface area contributed by atoms with E-state index >= 15 is 0 Å². The molecule has 7 N–H and O–H groups in total. The molecule has 2 heterocycles. The van der Waals surface area contributed by atoms with Crippen LogP contribution in [0.2, 0.25) is 0 Å². The zero-order valence-electron chi connectivity index (χ0n) is 30.4. The fourth-order valence-corrected chi connectivity index (χ4v) is 6.11. The zero-order chi connectivity index (χ0) is 36.7. The van der Waals surface area contributed by atoms with E-state index in [1.54, 1.807) is 0 Å². The number of aliphatic hydroxyl groups is 7. The Balaban J connectivity index is 1.82. The predicted octanol–water partition coefficient (Wildman–Crippen LogP) is 2.23. The van der Waals surface area contributed by atoms with Crippen LogP contribution in [0.3, 0.4) is 0 Å². The summed E-state index contributed by atoms with van der Waals surface area (Å²) in [7, 11) is 0. The Morgan fingerprint density at radius 1 is 0.580 bits per heavy atom. The maximum Gasteiger partial charge on any atom is 0.306 e. The first-order chi connectivity index (χ1) is 24.1. The second-order valence-corrected chi connectivity index (χ2v) is 13.8. The molecule has 2 aliphatic rings. The first-order valence-electron chi connectivity index (χ1n) is 19.1. The third kappa shape index (κ3) is 16.8. The highest BCUT2D eigenvalue weighted by molar-refractivity contribution is 5.69. The molecule has 0 aromatic carbocycles. The van der Waals surface area contributed by atoms with E-state index in [2.05, 4.69) is 13.8 Å². The molecule has 296 valence electrons. The minimum atomic E-state index is -1.70. The topological polar surface area (TPSA) is 214 Å². The largest absolute Gasteiger partial charge is 0.457 e. The van der Waals surface area contributed by atoms with Crippen molar-refractivity contribution in [2.45, 2.75) is 191 Å². The minimum Gasteiger partial charge on any atom is -0.457 e. The van der Waals surface area contributed by atoms with Crippen LogP contribution in [0.5, 0.6) is 0 Å². The molecule has 14 nitrogen and oxygen atoms in total. The molecular formula is C36H68O14. The Morgan fingerprint density at radius 3 is 1.62 bits per heavy atom. The second-order valence-electron chi connectivity index (χ2n) is 13.8. The first kappa shape index (κ1) is 45.1. The van der Waals surface area contributed by atoms with Gasteiger partial charge in [0.15, 0.2) is 12.6 Å². The fraction of sp³-hybridized carbons (Fsp3) is 0.972. The molecule has 14 heteroatoms. The Labute approximate surface area is 298 Å². The van der Waals surface area contributed by atoms with Crippen molar-refractivity contribution in [2.75, 3.05) is 33.0 Å². The molecule has 0 spiro atoms. The molecule has 50 heavy (non-hydrogen) atoms. The summed E-state index contributed by atoms with van der Waals surface area (Å²) >= 11 is 0. The molecule has 0 aromatic heterocycles. The quantitative estimate of drug-likeness (QED) is 0.0456. The van der Waals surface area contributed by atoms with Gasteiger partial charge in [0.25, 0.3) is 0 Å². The maximum absolute atomic E-state index is 12.6. The Morgan fingerprint density at radius 2 is 1.06 bits per heavy atom. The molecule has 2 rings (SSSR count). The van der Waals surface area contributed by atoms with Crippen molar-refractivity contribution in [3.8, 4) is 0 Å². The summed E-state index contributed by atoms with van der Waals surface area (Å²) in [6, 6.07) is 0. The van der Waals surface area contributed by atoms with Crippen LogP contribution < -0.4 is 0 Å². The van der Waals surface area contributed by atoms with Gasteiger partial charge in [0.2, 0.25) is 0 Å². The van der Waals surface area contributed by atoms with E-state index in [1.807, 2.05) is 0 Å². The Hall–Kier alpha value is -1.01. The number of hydrogen-bond acceptors (Lipinski definition) is 14. The monoisotopic (exact) mass is 724 g/mol. The normalized spacial score (nSPS) is 30.7. The van der Waals surface area contributed by atoms with Crippen LogP contribution in [0.1, 0.15) is 123 Å². The van der Waals surface area contributed by atoms with Gasteiger partial charge < -0.3 is 64.2 Å². The van der Waals surface area contributed by atoms with E-state index < -0.39 is 86.7 Å². The summed E-state index contributed by atoms with van der Waals surface area (Å²) in [5, 5.41) is 71.3. The van der Waals surface area contributed by atoms with E-state index in [9.17, 15) is 40.5 Å². The van der Waals surface area contributed by atoms with Crippen molar-refractivity contribution in [1.29, 1.82) is 0 Å². The lowest BCUT2D eigenvalue weighted by molar-refractivity contribution is -0.332. The van der Waals surface area contributed by atoms with Crippen LogP contribution in [0, 0.1) is 0 Å². The van der Waals surface area contributed by atoms with Gasteiger partial charge in [-0.1, -0.05) is 104 Å². The standard InChI is InChI=1S/C36H68O14/c1-3-5-7-9-10-11-12-13-14-15-16-18-20-45-22-25(48-28(38)19-17-8-6-4-2)23-46-35-34(44)32(42)30(40)27(50-35)24-47-36-33(43)31(41)29(39)26(21-37)49-36/h25-27,29-37,39-44H,3-24H2,1-2H3. The number of hydrogen-bond donors (Lipinski definition) is 7. The van der Waals surface area contributed by atoms with Gasteiger partial charge in [0.1, 0.15) is 54.9 Å². The summed E-state index contributed by atoms with van der Waals surface area (Å²) in [6.07, 6.45) is 2.57. The molecule has 0 bridgehead atoms. The zero-order valence-corrected chi connectivity index (χ0v) is 30.4. The van der Waals surface area contributed by atoms with Gasteiger partial charge in [-0.05, 0) is 12.8 Å². The summed E-state index contributed by atoms with van der Waals surface area (Å²) in [5.74, 6) is -0.393. The summed E-state index contributed by atoms with van der Waals surface area (Å²) in [4.78, 5) is 12.6. The smallest absolute Gasteiger partial charge is 0.306 e. The summed E-state index contributed by atoms with van der Waals surface area (Å²) in [6.45, 7) is 3.53. The van der Waals surface area contributed by atoms with Crippen molar-refractivity contribution in [3.63, 3.8) is 0 Å². The molecule has 0 aliphatic carbocycles. The van der Waals surface area contributed by atoms with E-state index in [4.69, 9.17) is 28.4 Å². The third-order valence-corrected chi connectivity index (χ3v) is 9.37. The highest BCUT2D eigenvalue weighted by Gasteiger charge is 2.47. The van der Waals surface area contributed by atoms with Crippen LogP contribution in [0.25, 0.3) is 0 Å². The van der Waals surface area contributed by atoms with Gasteiger partial charge in [-0.15, -0.1) is 0 Å². The molecule has 0 radical (unpaired) electrons. The van der Waals surface area contributed by atoms with E-state index in [1.165, 1.54) is 57.8 Å². The van der Waals surface area contributed by atoms with Crippen molar-refractivity contribution in [1.82, 2.24) is 0 Å². The average molecular weight is 725 g/mol. The lowest BCUT2D eigenvalue weighted by atomic mass is 9.98. The van der Waals surface area contributed by atoms with Gasteiger partial charge in [-0.3, -0.25) is 4.79 Å². The van der Waals surface area contributed by atoms with Crippen molar-refractivity contribution < 1.29 is 69.0 Å². The molecule has 2 aliphatic heterocycles. The van der Waals surface area contributed by atoms with Gasteiger partial charge in [0, 0.05) is 13.0 Å². The van der Waals surface area contributed by atoms with Crippen LogP contribution in [0.15, 0.2) is 0 Å². The van der Waals surface area contributed by atoms with Crippen LogP contribution in [0.4, 0.5) is 0 Å². The number of esters is 1. The van der Waals surface area contributed by atoms with Gasteiger partial charge in [-0.25, -0.2) is 0 Å². The van der Waals surface area contributed by atoms with Crippen molar-refractivity contribution in [2.24, 2.45) is 0 Å². The number of aliphatic hydroxyl groups excluding tert-OH is 7. The first-order valence-corrected chi connectivity index (χ1v) is 19.1. The number of carbonyl (C=O) groups excluding carboxylic acids is 1. The minimum absolute atomic E-state index is 0.0658. The molecule has 11 atom stereocenters. The SMILES string of the molecule is CCCCCCCCCCCCCCOCC(COC1OC(COC2OC(CO)C(O)C(O)C2O)C(O)C(O)C1O)OC(=O)CCCCCC. The molecule has 11 unspecified atom stereocenters. The molecule has 0 amide bonds. The molecule has 2 saturated heterocycles. The summed E-state index contributed by atoms with van der Waals surface area (Å²) < 4.78 is 33.7. The lowest BCUT2D eigenvalue weighted by Crippen LogP contribution is -2.61. The average Bonchev–Trinajstić information content (AvgIpc) is 3.11. The molecule has 0 aromatic rings. The van der Waals surface area contributed by atoms with Crippen LogP contribution in [-0.2, 0) is 33.2 Å². The second kappa shape index (κ2) is 26.7. The molecule has 0 saturated carbocycles. The van der Waals surface area contributed by atoms with Crippen LogP contribution >= 0.6 is 0 Å². The van der Waals surface area contributed by atoms with Crippen molar-refractivity contribution in [3.05, 3.63) is 0 Å². The van der Waals surface area contributed by atoms with E-state index in [0.29, 0.717) is 13.0 Å². The maximum atomic E-state index is 12.6. The highest BCUT2D eigenvalue weighted by atomic mass is 16.7. The highest BCUT2D eigenvalue weighted by Crippen LogP contribution is 2.26. The lowest BCUT2D eigenvalue weighted by Gasteiger charge is -2.42. The van der Waals surface area contributed by atoms with Crippen molar-refractivity contribution >= 4 is 5.97 Å². The summed E-state index contributed by atoms with van der Waals surface area (Å²) in [5.41, 5.74) is 0. The number of unbranched alkanes of at least 4 members (excludes halogenated alkanes) is 14. The number of rotatable bonds is 28. The van der Waals surface area contributed by atoms with Gasteiger partial charge in [-0.2, -0.15) is 0 Å². The van der Waals surface area contributed by atoms with E-state index in [-0.39, 0.29) is 19.6 Å². The van der Waals surface area contributed by atoms with Crippen LogP contribution in [-0.4, -0.2) is 142 Å². The molecule has 2 fully saturated rings. The third-order valence-electron chi connectivity index (χ3n) is 9.37. The predicted molar refractivity (Wildman–Crippen MR) is 183 cm³/mol. The molecular weight excluding hydrogens is 656 g/mol. The Kier molecular flexibility index (Phi) is 24.1. The number of carbonyl (C=O) groups is 1. The van der Waals surface area contributed by atoms with Gasteiger partial charge in [0.05, 0.1) is 26.4 Å². The Bertz CT molecular complexity index is 850. The number of ether oxygens (including phenoxy) is 6. The fourth-order valence-electron chi connectivity index (χ4n) is 6.11. The van der Waals surface area contributed by atoms with Gasteiger partial charge >= 0.3 is 5.97 Å². The van der Waals surface area contributed by atoms with E-state index in [0.717, 1.165) is 38.5 Å².